The Balaban J connectivity index is 1.12. The zero-order valence-electron chi connectivity index (χ0n) is 26.5. The second-order valence-electron chi connectivity index (χ2n) is 14.5. The Morgan fingerprint density at radius 3 is 1.50 bits per heavy atom. The van der Waals surface area contributed by atoms with E-state index < -0.39 is 0 Å². The smallest absolute Gasteiger partial charge is 0.149 e. The van der Waals surface area contributed by atoms with Gasteiger partial charge in [0, 0.05) is 6.07 Å². The van der Waals surface area contributed by atoms with Crippen LogP contribution in [0.5, 0.6) is 11.5 Å². The van der Waals surface area contributed by atoms with Crippen LogP contribution >= 0.6 is 0 Å². The van der Waals surface area contributed by atoms with E-state index in [9.17, 15) is 0 Å². The van der Waals surface area contributed by atoms with Crippen molar-refractivity contribution in [1.29, 1.82) is 0 Å². The Bertz CT molecular complexity index is 1460. The van der Waals surface area contributed by atoms with E-state index in [-0.39, 0.29) is 12.2 Å². The highest BCUT2D eigenvalue weighted by Crippen LogP contribution is 2.62. The van der Waals surface area contributed by atoms with Crippen LogP contribution in [0, 0.1) is 58.2 Å². The van der Waals surface area contributed by atoms with Crippen LogP contribution in [-0.4, -0.2) is 25.4 Å². The van der Waals surface area contributed by atoms with E-state index in [1.807, 2.05) is 24.3 Å². The molecule has 2 aromatic rings. The minimum absolute atomic E-state index is 0.114. The average molecular weight is 589 g/mol. The second-order valence-corrected chi connectivity index (χ2v) is 14.5. The number of hydrogen-bond acceptors (Lipinski definition) is 4. The fraction of sp³-hybridized carbons (Fsp3) is 0.500. The van der Waals surface area contributed by atoms with Gasteiger partial charge in [0.05, 0.1) is 25.4 Å². The predicted octanol–water partition coefficient (Wildman–Crippen LogP) is 7.92. The van der Waals surface area contributed by atoms with Gasteiger partial charge in [-0.1, -0.05) is 81.7 Å². The summed E-state index contributed by atoms with van der Waals surface area (Å²) in [5.74, 6) is 16.9. The first kappa shape index (κ1) is 29.3. The van der Waals surface area contributed by atoms with Gasteiger partial charge in [0.1, 0.15) is 24.7 Å². The van der Waals surface area contributed by atoms with Gasteiger partial charge in [-0.3, -0.25) is 0 Å². The van der Waals surface area contributed by atoms with E-state index in [1.165, 1.54) is 35.1 Å². The number of rotatable bonds is 0. The molecule has 6 atom stereocenters. The van der Waals surface area contributed by atoms with Crippen LogP contribution in [-0.2, 0) is 22.7 Å². The predicted molar refractivity (Wildman–Crippen MR) is 173 cm³/mol. The molecule has 4 heteroatoms. The minimum atomic E-state index is 0.114. The minimum Gasteiger partial charge on any atom is -0.481 e. The lowest BCUT2D eigenvalue weighted by molar-refractivity contribution is -0.0950. The third kappa shape index (κ3) is 5.60. The van der Waals surface area contributed by atoms with E-state index in [1.54, 1.807) is 0 Å². The number of hydrogen-bond donors (Lipinski definition) is 0. The summed E-state index contributed by atoms with van der Waals surface area (Å²) >= 11 is 0. The molecule has 6 fully saturated rings. The van der Waals surface area contributed by atoms with Crippen molar-refractivity contribution < 1.29 is 18.9 Å². The molecule has 2 heterocycles. The van der Waals surface area contributed by atoms with Crippen molar-refractivity contribution in [1.82, 2.24) is 0 Å². The van der Waals surface area contributed by atoms with Crippen LogP contribution in [0.2, 0.25) is 0 Å². The maximum atomic E-state index is 6.57. The summed E-state index contributed by atoms with van der Waals surface area (Å²) in [6, 6.07) is 16.4. The number of benzene rings is 2. The first-order chi connectivity index (χ1) is 21.3. The molecule has 0 radical (unpaired) electrons. The lowest BCUT2D eigenvalue weighted by atomic mass is 9.46. The fourth-order valence-corrected chi connectivity index (χ4v) is 8.29. The molecule has 6 aliphatic carbocycles. The molecule has 2 aromatic carbocycles. The highest BCUT2D eigenvalue weighted by molar-refractivity contribution is 5.36. The van der Waals surface area contributed by atoms with Gasteiger partial charge in [-0.2, -0.15) is 0 Å². The molecule has 44 heavy (non-hydrogen) atoms. The molecule has 0 N–H and O–H groups in total. The SMILES string of the molecule is CC1(C)[C@H]2C[C@@H]3OCc4ccc(cc4)CO[C@H]4C[C@H]5C[C@@H](/C4=C/C#CCOc4cccc(c4)OCC#C/C=C\3[C@@H]1C2)C5(C)C. The Labute approximate surface area is 263 Å². The molecule has 8 aliphatic rings. The Morgan fingerprint density at radius 1 is 0.614 bits per heavy atom. The van der Waals surface area contributed by atoms with E-state index >= 15 is 0 Å². The average Bonchev–Trinajstić information content (AvgIpc) is 3.03. The van der Waals surface area contributed by atoms with Crippen molar-refractivity contribution in [3.8, 4) is 35.2 Å². The Morgan fingerprint density at radius 2 is 1.07 bits per heavy atom. The highest BCUT2D eigenvalue weighted by atomic mass is 16.5. The molecular formula is C40H44O4. The topological polar surface area (TPSA) is 36.9 Å². The lowest BCUT2D eigenvalue weighted by Gasteiger charge is -2.59. The molecule has 228 valence electrons. The van der Waals surface area contributed by atoms with Gasteiger partial charge >= 0.3 is 0 Å². The zero-order chi connectivity index (χ0) is 30.3. The summed E-state index contributed by atoms with van der Waals surface area (Å²) in [7, 11) is 0. The molecule has 10 rings (SSSR count). The maximum absolute atomic E-state index is 6.57. The molecular weight excluding hydrogens is 544 g/mol. The molecule has 0 saturated heterocycles. The van der Waals surface area contributed by atoms with Crippen molar-refractivity contribution in [2.75, 3.05) is 13.2 Å². The summed E-state index contributed by atoms with van der Waals surface area (Å²) in [6.07, 6.45) is 9.03. The van der Waals surface area contributed by atoms with E-state index in [0.717, 1.165) is 24.3 Å². The summed E-state index contributed by atoms with van der Waals surface area (Å²) in [5.41, 5.74) is 5.68. The summed E-state index contributed by atoms with van der Waals surface area (Å²) in [6.45, 7) is 11.4. The van der Waals surface area contributed by atoms with Crippen molar-refractivity contribution in [3.05, 3.63) is 83.0 Å². The molecule has 8 bridgehead atoms. The lowest BCUT2D eigenvalue weighted by Crippen LogP contribution is -2.54. The highest BCUT2D eigenvalue weighted by Gasteiger charge is 2.56. The maximum Gasteiger partial charge on any atom is 0.149 e. The normalized spacial score (nSPS) is 34.1. The first-order valence-electron chi connectivity index (χ1n) is 16.3. The number of fused-ring (bicyclic) bond motifs is 10. The summed E-state index contributed by atoms with van der Waals surface area (Å²) < 4.78 is 25.0. The van der Waals surface area contributed by atoms with Gasteiger partial charge < -0.3 is 18.9 Å². The monoisotopic (exact) mass is 588 g/mol. The quantitative estimate of drug-likeness (QED) is 0.293. The largest absolute Gasteiger partial charge is 0.481 e. The van der Waals surface area contributed by atoms with Crippen molar-refractivity contribution in [2.24, 2.45) is 34.5 Å². The van der Waals surface area contributed by atoms with Crippen LogP contribution < -0.4 is 9.47 Å². The first-order valence-corrected chi connectivity index (χ1v) is 16.3. The van der Waals surface area contributed by atoms with Crippen molar-refractivity contribution >= 4 is 0 Å². The molecule has 4 nitrogen and oxygen atoms in total. The zero-order valence-corrected chi connectivity index (χ0v) is 26.5. The molecule has 6 saturated carbocycles. The third-order valence-electron chi connectivity index (χ3n) is 11.5. The molecule has 0 amide bonds. The Hall–Kier alpha value is -3.44. The van der Waals surface area contributed by atoms with E-state index in [0.29, 0.717) is 60.9 Å². The number of ether oxygens (including phenoxy) is 4. The second kappa shape index (κ2) is 11.8. The Kier molecular flexibility index (Phi) is 7.86. The molecule has 2 aliphatic heterocycles. The van der Waals surface area contributed by atoms with Crippen LogP contribution in [0.1, 0.15) is 64.5 Å². The van der Waals surface area contributed by atoms with Crippen LogP contribution in [0.3, 0.4) is 0 Å². The number of allylic oxidation sites excluding steroid dienone is 2. The third-order valence-corrected chi connectivity index (χ3v) is 11.5. The summed E-state index contributed by atoms with van der Waals surface area (Å²) in [4.78, 5) is 0. The van der Waals surface area contributed by atoms with Gasteiger partial charge in [0.2, 0.25) is 0 Å². The van der Waals surface area contributed by atoms with Gasteiger partial charge in [-0.25, -0.2) is 0 Å². The summed E-state index contributed by atoms with van der Waals surface area (Å²) in [5, 5.41) is 0. The van der Waals surface area contributed by atoms with E-state index in [2.05, 4.69) is 87.8 Å². The van der Waals surface area contributed by atoms with Gasteiger partial charge in [-0.05, 0) is 107 Å². The van der Waals surface area contributed by atoms with Crippen molar-refractivity contribution in [3.63, 3.8) is 0 Å². The fourth-order valence-electron chi connectivity index (χ4n) is 8.29. The van der Waals surface area contributed by atoms with Crippen molar-refractivity contribution in [2.45, 2.75) is 78.8 Å². The van der Waals surface area contributed by atoms with Gasteiger partial charge in [0.25, 0.3) is 0 Å². The molecule has 0 unspecified atom stereocenters. The standard InChI is InChI=1S/C40H44O4/c1-39(2)29-20-35(39)33-12-5-7-18-41-31-10-9-11-32(24-31)42-19-8-6-13-34-36-21-30(40(36,3)4)23-38(34)44-26-28-16-14-27(15-17-28)25-43-37(33)22-29/h9-17,24,29-30,35-38H,18-23,25-26H2,1-4H3/b33-12-,34-13-/t29-,30-,35+,36+,37+,38+/m1/s1. The molecule has 0 aromatic heterocycles. The molecule has 0 spiro atoms. The van der Waals surface area contributed by atoms with Crippen LogP contribution in [0.4, 0.5) is 0 Å². The van der Waals surface area contributed by atoms with Gasteiger partial charge in [-0.15, -0.1) is 0 Å². The van der Waals surface area contributed by atoms with Crippen LogP contribution in [0.15, 0.2) is 71.8 Å². The van der Waals surface area contributed by atoms with Gasteiger partial charge in [0.15, 0.2) is 0 Å². The van der Waals surface area contributed by atoms with Crippen LogP contribution in [0.25, 0.3) is 0 Å². The van der Waals surface area contributed by atoms with E-state index in [4.69, 9.17) is 18.9 Å².